The lowest BCUT2D eigenvalue weighted by molar-refractivity contribution is -0.00461. The molecule has 2 rings (SSSR count). The van der Waals surface area contributed by atoms with Crippen LogP contribution in [0.3, 0.4) is 0 Å². The minimum absolute atomic E-state index is 0.00579. The third kappa shape index (κ3) is 2.69. The zero-order valence-corrected chi connectivity index (χ0v) is 11.3. The Balaban J connectivity index is 2.20. The molecule has 0 spiro atoms. The Morgan fingerprint density at radius 3 is 2.32 bits per heavy atom. The average Bonchev–Trinajstić information content (AvgIpc) is 2.81. The maximum Gasteiger partial charge on any atom is 0.337 e. The molecule has 19 heavy (non-hydrogen) atoms. The van der Waals surface area contributed by atoms with Gasteiger partial charge >= 0.3 is 5.97 Å². The van der Waals surface area contributed by atoms with E-state index < -0.39 is 5.97 Å². The molecule has 0 radical (unpaired) electrons. The van der Waals surface area contributed by atoms with E-state index in [0.717, 1.165) is 5.82 Å². The smallest absolute Gasteiger partial charge is 0.337 e. The van der Waals surface area contributed by atoms with Crippen molar-refractivity contribution in [1.29, 1.82) is 0 Å². The van der Waals surface area contributed by atoms with Gasteiger partial charge in [0.15, 0.2) is 0 Å². The lowest BCUT2D eigenvalue weighted by Crippen LogP contribution is -2.27. The number of nitrogens with zero attached hydrogens (tertiary/aromatic N) is 2. The van der Waals surface area contributed by atoms with Gasteiger partial charge in [0.1, 0.15) is 18.0 Å². The fourth-order valence-electron chi connectivity index (χ4n) is 2.33. The molecule has 1 N–H and O–H groups in total. The van der Waals surface area contributed by atoms with Gasteiger partial charge in [-0.05, 0) is 19.1 Å². The summed E-state index contributed by atoms with van der Waals surface area (Å²) < 4.78 is 10.7. The highest BCUT2D eigenvalue weighted by molar-refractivity contribution is 5.89. The molecule has 1 aromatic rings. The molecule has 2 atom stereocenters. The predicted octanol–water partition coefficient (Wildman–Crippen LogP) is 0.938. The van der Waals surface area contributed by atoms with E-state index in [-0.39, 0.29) is 17.8 Å². The van der Waals surface area contributed by atoms with Crippen LogP contribution in [0.15, 0.2) is 12.1 Å². The molecule has 1 aromatic heterocycles. The van der Waals surface area contributed by atoms with E-state index in [1.165, 1.54) is 0 Å². The van der Waals surface area contributed by atoms with Crippen LogP contribution in [0.1, 0.15) is 16.1 Å². The summed E-state index contributed by atoms with van der Waals surface area (Å²) in [5, 5.41) is 8.99. The van der Waals surface area contributed by atoms with E-state index >= 15 is 0 Å². The van der Waals surface area contributed by atoms with Gasteiger partial charge in [-0.1, -0.05) is 0 Å². The Labute approximate surface area is 112 Å². The third-order valence-electron chi connectivity index (χ3n) is 3.45. The fraction of sp³-hybridized carbons (Fsp3) is 0.538. The molecule has 0 saturated carbocycles. The maximum absolute atomic E-state index is 11.0. The van der Waals surface area contributed by atoms with E-state index in [1.54, 1.807) is 33.3 Å². The van der Waals surface area contributed by atoms with Gasteiger partial charge in [-0.25, -0.2) is 9.78 Å². The number of aryl methyl sites for hydroxylation is 1. The lowest BCUT2D eigenvalue weighted by atomic mass is 10.2. The molecule has 2 heterocycles. The number of carboxylic acid groups (broad SMARTS) is 1. The minimum atomic E-state index is -0.956. The first-order chi connectivity index (χ1) is 9.06. The van der Waals surface area contributed by atoms with Crippen LogP contribution in [-0.4, -0.2) is 55.6 Å². The summed E-state index contributed by atoms with van der Waals surface area (Å²) in [6, 6.07) is 3.31. The quantitative estimate of drug-likeness (QED) is 0.874. The van der Waals surface area contributed by atoms with Gasteiger partial charge in [-0.3, -0.25) is 0 Å². The first-order valence-corrected chi connectivity index (χ1v) is 6.08. The number of pyridine rings is 1. The Bertz CT molecular complexity index is 466. The van der Waals surface area contributed by atoms with Crippen molar-refractivity contribution >= 4 is 11.8 Å². The van der Waals surface area contributed by atoms with Crippen molar-refractivity contribution < 1.29 is 19.4 Å². The first-order valence-electron chi connectivity index (χ1n) is 6.08. The van der Waals surface area contributed by atoms with Crippen LogP contribution in [0.2, 0.25) is 0 Å². The van der Waals surface area contributed by atoms with Crippen molar-refractivity contribution in [2.75, 3.05) is 32.2 Å². The Kier molecular flexibility index (Phi) is 4.01. The zero-order valence-electron chi connectivity index (χ0n) is 11.3. The molecule has 2 unspecified atom stereocenters. The Hall–Kier alpha value is -1.66. The van der Waals surface area contributed by atoms with E-state index in [2.05, 4.69) is 4.98 Å². The summed E-state index contributed by atoms with van der Waals surface area (Å²) in [6.07, 6.45) is 0.0116. The summed E-state index contributed by atoms with van der Waals surface area (Å²) in [5.41, 5.74) is 0.745. The van der Waals surface area contributed by atoms with Gasteiger partial charge in [-0.15, -0.1) is 0 Å². The maximum atomic E-state index is 11.0. The average molecular weight is 266 g/mol. The summed E-state index contributed by atoms with van der Waals surface area (Å²) >= 11 is 0. The van der Waals surface area contributed by atoms with Gasteiger partial charge < -0.3 is 19.5 Å². The van der Waals surface area contributed by atoms with Crippen LogP contribution < -0.4 is 4.90 Å². The van der Waals surface area contributed by atoms with Gasteiger partial charge in [0, 0.05) is 27.3 Å². The number of aromatic carboxylic acids is 1. The molecule has 1 fully saturated rings. The predicted molar refractivity (Wildman–Crippen MR) is 69.7 cm³/mol. The van der Waals surface area contributed by atoms with Crippen molar-refractivity contribution in [3.05, 3.63) is 23.4 Å². The SMILES string of the molecule is COC1CN(c2ccc(C(=O)O)c(C)n2)CC1OC. The van der Waals surface area contributed by atoms with E-state index in [1.807, 2.05) is 4.90 Å². The molecule has 1 saturated heterocycles. The first kappa shape index (κ1) is 13.8. The van der Waals surface area contributed by atoms with Crippen LogP contribution in [0, 0.1) is 6.92 Å². The second kappa shape index (κ2) is 5.54. The summed E-state index contributed by atoms with van der Waals surface area (Å²) in [7, 11) is 3.32. The summed E-state index contributed by atoms with van der Waals surface area (Å²) in [4.78, 5) is 17.3. The standard InChI is InChI=1S/C13H18N2O4/c1-8-9(13(16)17)4-5-12(14-8)15-6-10(18-2)11(7-15)19-3/h4-5,10-11H,6-7H2,1-3H3,(H,16,17). The minimum Gasteiger partial charge on any atom is -0.478 e. The molecule has 0 aromatic carbocycles. The van der Waals surface area contributed by atoms with Crippen molar-refractivity contribution in [3.63, 3.8) is 0 Å². The number of aromatic nitrogens is 1. The topological polar surface area (TPSA) is 71.9 Å². The molecule has 0 bridgehead atoms. The zero-order chi connectivity index (χ0) is 14.0. The number of ether oxygens (including phenoxy) is 2. The number of hydrogen-bond donors (Lipinski definition) is 1. The number of carboxylic acids is 1. The van der Waals surface area contributed by atoms with Crippen molar-refractivity contribution in [2.45, 2.75) is 19.1 Å². The van der Waals surface area contributed by atoms with Crippen LogP contribution in [0.5, 0.6) is 0 Å². The number of hydrogen-bond acceptors (Lipinski definition) is 5. The second-order valence-corrected chi connectivity index (χ2v) is 4.56. The monoisotopic (exact) mass is 266 g/mol. The summed E-state index contributed by atoms with van der Waals surface area (Å²) in [6.45, 7) is 3.08. The van der Waals surface area contributed by atoms with Crippen molar-refractivity contribution in [3.8, 4) is 0 Å². The highest BCUT2D eigenvalue weighted by atomic mass is 16.5. The van der Waals surface area contributed by atoms with Crippen LogP contribution in [0.4, 0.5) is 5.82 Å². The Morgan fingerprint density at radius 1 is 1.32 bits per heavy atom. The number of carbonyl (C=O) groups is 1. The van der Waals surface area contributed by atoms with Gasteiger partial charge in [0.2, 0.25) is 0 Å². The number of rotatable bonds is 4. The van der Waals surface area contributed by atoms with Crippen molar-refractivity contribution in [1.82, 2.24) is 4.98 Å². The van der Waals surface area contributed by atoms with Gasteiger partial charge in [0.05, 0.1) is 11.3 Å². The molecular formula is C13H18N2O4. The molecule has 104 valence electrons. The molecule has 1 aliphatic heterocycles. The van der Waals surface area contributed by atoms with Crippen molar-refractivity contribution in [2.24, 2.45) is 0 Å². The summed E-state index contributed by atoms with van der Waals surface area (Å²) in [5.74, 6) is -0.202. The second-order valence-electron chi connectivity index (χ2n) is 4.56. The molecule has 6 nitrogen and oxygen atoms in total. The fourth-order valence-corrected chi connectivity index (χ4v) is 2.33. The van der Waals surface area contributed by atoms with E-state index in [4.69, 9.17) is 14.6 Å². The van der Waals surface area contributed by atoms with E-state index in [0.29, 0.717) is 18.8 Å². The molecule has 6 heteroatoms. The highest BCUT2D eigenvalue weighted by Gasteiger charge is 2.33. The van der Waals surface area contributed by atoms with Crippen LogP contribution in [0.25, 0.3) is 0 Å². The van der Waals surface area contributed by atoms with Gasteiger partial charge in [-0.2, -0.15) is 0 Å². The van der Waals surface area contributed by atoms with Crippen LogP contribution >= 0.6 is 0 Å². The molecule has 0 amide bonds. The molecular weight excluding hydrogens is 248 g/mol. The number of methoxy groups -OCH3 is 2. The van der Waals surface area contributed by atoms with Gasteiger partial charge in [0.25, 0.3) is 0 Å². The lowest BCUT2D eigenvalue weighted by Gasteiger charge is -2.17. The van der Waals surface area contributed by atoms with Crippen LogP contribution in [-0.2, 0) is 9.47 Å². The third-order valence-corrected chi connectivity index (χ3v) is 3.45. The molecule has 1 aliphatic rings. The largest absolute Gasteiger partial charge is 0.478 e. The van der Waals surface area contributed by atoms with E-state index in [9.17, 15) is 4.79 Å². The normalized spacial score (nSPS) is 22.8. The highest BCUT2D eigenvalue weighted by Crippen LogP contribution is 2.23. The Morgan fingerprint density at radius 2 is 1.89 bits per heavy atom. The number of anilines is 1. The molecule has 0 aliphatic carbocycles.